The predicted octanol–water partition coefficient (Wildman–Crippen LogP) is 1.42. The van der Waals surface area contributed by atoms with Crippen LogP contribution in [0.2, 0.25) is 0 Å². The van der Waals surface area contributed by atoms with E-state index in [-0.39, 0.29) is 37.2 Å². The maximum atomic E-state index is 12.3. The number of nitrogens with one attached hydrogen (secondary N) is 2. The summed E-state index contributed by atoms with van der Waals surface area (Å²) in [6.45, 7) is 1.46. The smallest absolute Gasteiger partial charge is 0.328 e. The van der Waals surface area contributed by atoms with Gasteiger partial charge >= 0.3 is 6.03 Å². The summed E-state index contributed by atoms with van der Waals surface area (Å²) in [4.78, 5) is 37.1. The second-order valence-electron chi connectivity index (χ2n) is 5.75. The number of nitrogens with two attached hydrogens (primary N) is 1. The molecule has 0 spiro atoms. The second kappa shape index (κ2) is 10.6. The first kappa shape index (κ1) is 21.7. The number of nitrogens with zero attached hydrogens (tertiary/aromatic N) is 1. The average molecular weight is 385 g/mol. The van der Waals surface area contributed by atoms with Gasteiger partial charge in [-0.25, -0.2) is 4.79 Å². The van der Waals surface area contributed by atoms with Gasteiger partial charge < -0.3 is 15.8 Å². The lowest BCUT2D eigenvalue weighted by Gasteiger charge is -2.28. The van der Waals surface area contributed by atoms with E-state index in [1.165, 1.54) is 12.0 Å². The molecule has 2 rings (SSSR count). The number of amides is 4. The van der Waals surface area contributed by atoms with Crippen LogP contribution in [-0.4, -0.2) is 44.6 Å². The zero-order valence-corrected chi connectivity index (χ0v) is 15.6. The monoisotopic (exact) mass is 384 g/mol. The molecule has 1 heterocycles. The summed E-state index contributed by atoms with van der Waals surface area (Å²) in [5.74, 6) is -0.0688. The Bertz CT molecular complexity index is 654. The van der Waals surface area contributed by atoms with Crippen LogP contribution in [0.25, 0.3) is 0 Å². The average Bonchev–Trinajstić information content (AvgIpc) is 2.61. The molecule has 0 unspecified atom stereocenters. The molecule has 26 heavy (non-hydrogen) atoms. The van der Waals surface area contributed by atoms with E-state index in [2.05, 4.69) is 10.6 Å². The molecule has 0 aliphatic carbocycles. The molecule has 4 N–H and O–H groups in total. The van der Waals surface area contributed by atoms with Crippen LogP contribution in [0.4, 0.5) is 10.5 Å². The zero-order valence-electron chi connectivity index (χ0n) is 14.7. The Balaban J connectivity index is 0.00000338. The molecule has 1 aliphatic rings. The molecule has 0 radical (unpaired) electrons. The molecule has 0 saturated carbocycles. The van der Waals surface area contributed by atoms with Gasteiger partial charge in [0, 0.05) is 25.1 Å². The lowest BCUT2D eigenvalue weighted by molar-refractivity contribution is -0.120. The number of carbonyl (C=O) groups is 3. The molecular weight excluding hydrogens is 360 g/mol. The molecular formula is C17H25ClN4O4. The number of hydrogen-bond acceptors (Lipinski definition) is 5. The van der Waals surface area contributed by atoms with Gasteiger partial charge in [-0.15, -0.1) is 12.4 Å². The normalized spacial score (nSPS) is 13.7. The summed E-state index contributed by atoms with van der Waals surface area (Å²) in [5, 5.41) is 5.11. The molecule has 4 amide bonds. The number of anilines is 1. The fourth-order valence-corrected chi connectivity index (χ4v) is 2.59. The van der Waals surface area contributed by atoms with Crippen molar-refractivity contribution in [2.24, 2.45) is 5.73 Å². The van der Waals surface area contributed by atoms with Crippen molar-refractivity contribution in [1.82, 2.24) is 10.6 Å². The third-order valence-corrected chi connectivity index (χ3v) is 3.95. The molecule has 0 atom stereocenters. The maximum absolute atomic E-state index is 12.3. The van der Waals surface area contributed by atoms with Crippen molar-refractivity contribution in [3.05, 3.63) is 23.8 Å². The number of ether oxygens (including phenoxy) is 1. The van der Waals surface area contributed by atoms with Crippen molar-refractivity contribution in [1.29, 1.82) is 0 Å². The molecule has 0 aromatic heterocycles. The maximum Gasteiger partial charge on any atom is 0.328 e. The van der Waals surface area contributed by atoms with Gasteiger partial charge in [0.05, 0.1) is 12.8 Å². The molecule has 1 aromatic carbocycles. The van der Waals surface area contributed by atoms with Crippen LogP contribution in [0.5, 0.6) is 5.75 Å². The molecule has 0 bridgehead atoms. The first-order valence-corrected chi connectivity index (χ1v) is 8.34. The van der Waals surface area contributed by atoms with Gasteiger partial charge in [0.15, 0.2) is 0 Å². The van der Waals surface area contributed by atoms with Crippen LogP contribution in [0.15, 0.2) is 18.2 Å². The van der Waals surface area contributed by atoms with Crippen molar-refractivity contribution in [2.45, 2.75) is 25.7 Å². The Morgan fingerprint density at radius 1 is 1.31 bits per heavy atom. The van der Waals surface area contributed by atoms with Crippen molar-refractivity contribution in [3.8, 4) is 5.75 Å². The van der Waals surface area contributed by atoms with E-state index in [1.54, 1.807) is 18.2 Å². The number of urea groups is 1. The topological polar surface area (TPSA) is 114 Å². The first-order chi connectivity index (χ1) is 12.1. The van der Waals surface area contributed by atoms with E-state index in [1.807, 2.05) is 0 Å². The second-order valence-corrected chi connectivity index (χ2v) is 5.75. The van der Waals surface area contributed by atoms with E-state index >= 15 is 0 Å². The minimum Gasteiger partial charge on any atom is -0.495 e. The number of benzene rings is 1. The van der Waals surface area contributed by atoms with Crippen molar-refractivity contribution >= 4 is 35.9 Å². The molecule has 144 valence electrons. The Labute approximate surface area is 158 Å². The SMILES string of the molecule is COc1ccc(C(=O)NCCCCCN)cc1N1CCC(=O)NC1=O.Cl. The van der Waals surface area contributed by atoms with E-state index in [0.717, 1.165) is 19.3 Å². The Morgan fingerprint density at radius 3 is 2.73 bits per heavy atom. The van der Waals surface area contributed by atoms with Gasteiger partial charge in [-0.1, -0.05) is 6.42 Å². The Morgan fingerprint density at radius 2 is 2.08 bits per heavy atom. The summed E-state index contributed by atoms with van der Waals surface area (Å²) in [6, 6.07) is 4.37. The molecule has 1 saturated heterocycles. The van der Waals surface area contributed by atoms with E-state index in [9.17, 15) is 14.4 Å². The predicted molar refractivity (Wildman–Crippen MR) is 101 cm³/mol. The fraction of sp³-hybridized carbons (Fsp3) is 0.471. The summed E-state index contributed by atoms with van der Waals surface area (Å²) >= 11 is 0. The largest absolute Gasteiger partial charge is 0.495 e. The highest BCUT2D eigenvalue weighted by Crippen LogP contribution is 2.30. The van der Waals surface area contributed by atoms with Crippen LogP contribution >= 0.6 is 12.4 Å². The number of imide groups is 1. The van der Waals surface area contributed by atoms with Gasteiger partial charge in [0.2, 0.25) is 5.91 Å². The van der Waals surface area contributed by atoms with Crippen molar-refractivity contribution in [2.75, 3.05) is 31.6 Å². The van der Waals surface area contributed by atoms with E-state index < -0.39 is 6.03 Å². The molecule has 9 heteroatoms. The highest BCUT2D eigenvalue weighted by molar-refractivity contribution is 6.07. The van der Waals surface area contributed by atoms with Gasteiger partial charge in [-0.05, 0) is 37.6 Å². The number of hydrogen-bond donors (Lipinski definition) is 3. The fourth-order valence-electron chi connectivity index (χ4n) is 2.59. The lowest BCUT2D eigenvalue weighted by atomic mass is 10.1. The third kappa shape index (κ3) is 5.60. The van der Waals surface area contributed by atoms with Crippen LogP contribution in [0.3, 0.4) is 0 Å². The molecule has 8 nitrogen and oxygen atoms in total. The van der Waals surface area contributed by atoms with Gasteiger partial charge in [0.25, 0.3) is 5.91 Å². The van der Waals surface area contributed by atoms with E-state index in [4.69, 9.17) is 10.5 Å². The third-order valence-electron chi connectivity index (χ3n) is 3.95. The highest BCUT2D eigenvalue weighted by atomic mass is 35.5. The quantitative estimate of drug-likeness (QED) is 0.586. The van der Waals surface area contributed by atoms with Crippen LogP contribution in [-0.2, 0) is 4.79 Å². The number of halogens is 1. The summed E-state index contributed by atoms with van der Waals surface area (Å²) in [7, 11) is 1.49. The Hall–Kier alpha value is -2.32. The Kier molecular flexibility index (Phi) is 8.87. The van der Waals surface area contributed by atoms with Crippen molar-refractivity contribution < 1.29 is 19.1 Å². The first-order valence-electron chi connectivity index (χ1n) is 8.34. The summed E-state index contributed by atoms with van der Waals surface area (Å²) < 4.78 is 5.28. The van der Waals surface area contributed by atoms with Crippen LogP contribution < -0.4 is 26.0 Å². The number of methoxy groups -OCH3 is 1. The number of rotatable bonds is 8. The minimum atomic E-state index is -0.520. The van der Waals surface area contributed by atoms with Crippen molar-refractivity contribution in [3.63, 3.8) is 0 Å². The molecule has 1 aromatic rings. The van der Waals surface area contributed by atoms with Crippen LogP contribution in [0, 0.1) is 0 Å². The van der Waals surface area contributed by atoms with Gasteiger partial charge in [-0.3, -0.25) is 19.8 Å². The summed E-state index contributed by atoms with van der Waals surface area (Å²) in [6.07, 6.45) is 2.97. The number of unbranched alkanes of at least 4 members (excludes halogenated alkanes) is 2. The lowest BCUT2D eigenvalue weighted by Crippen LogP contribution is -2.49. The number of carbonyl (C=O) groups excluding carboxylic acids is 3. The van der Waals surface area contributed by atoms with Crippen LogP contribution in [0.1, 0.15) is 36.0 Å². The molecule has 1 fully saturated rings. The highest BCUT2D eigenvalue weighted by Gasteiger charge is 2.27. The zero-order chi connectivity index (χ0) is 18.2. The molecule has 1 aliphatic heterocycles. The standard InChI is InChI=1S/C17H24N4O4.ClH/c1-25-14-6-5-12(16(23)19-9-4-2-3-8-18)11-13(14)21-10-7-15(22)20-17(21)24;/h5-6,11H,2-4,7-10,18H2,1H3,(H,19,23)(H,20,22,24);1H. The van der Waals surface area contributed by atoms with Gasteiger partial charge in [-0.2, -0.15) is 0 Å². The van der Waals surface area contributed by atoms with Gasteiger partial charge in [0.1, 0.15) is 5.75 Å². The van der Waals surface area contributed by atoms with E-state index in [0.29, 0.717) is 30.1 Å². The summed E-state index contributed by atoms with van der Waals surface area (Å²) in [5.41, 5.74) is 6.33. The minimum absolute atomic E-state index is 0.